The van der Waals surface area contributed by atoms with E-state index in [1.807, 2.05) is 0 Å². The first-order chi connectivity index (χ1) is 17.6. The average molecular weight is 526 g/mol. The van der Waals surface area contributed by atoms with Crippen LogP contribution in [0.4, 0.5) is 4.79 Å². The molecule has 1 N–H and O–H groups in total. The molecule has 1 aromatic rings. The zero-order valence-electron chi connectivity index (χ0n) is 21.2. The van der Waals surface area contributed by atoms with Crippen LogP contribution in [0.15, 0.2) is 30.3 Å². The number of ether oxygens (including phenoxy) is 7. The van der Waals surface area contributed by atoms with Gasteiger partial charge in [0.1, 0.15) is 12.7 Å². The van der Waals surface area contributed by atoms with Crippen molar-refractivity contribution in [3.05, 3.63) is 35.9 Å². The topological polar surface area (TPSA) is 162 Å². The number of methoxy groups -OCH3 is 1. The predicted octanol–water partition coefficient (Wildman–Crippen LogP) is 1.01. The Morgan fingerprint density at radius 3 is 2.08 bits per heavy atom. The van der Waals surface area contributed by atoms with E-state index in [1.54, 1.807) is 30.3 Å². The first-order valence-electron chi connectivity index (χ1n) is 11.4. The summed E-state index contributed by atoms with van der Waals surface area (Å²) in [6.07, 6.45) is -7.98. The van der Waals surface area contributed by atoms with Crippen molar-refractivity contribution in [1.82, 2.24) is 5.32 Å². The van der Waals surface area contributed by atoms with Crippen molar-refractivity contribution in [3.63, 3.8) is 0 Å². The normalized spacial score (nSPS) is 22.2. The standard InChI is InChI=1S/C24H31NO12/c1-6-32-22(29)17(25-24(30)33-12-16-10-8-7-9-11-16)18(34-13(2)26)19-20(35-14(3)27)21(36-15(4)28)23(31-5)37-19/h7-11,17-21,23H,6,12H2,1-5H3,(H,25,30). The van der Waals surface area contributed by atoms with Crippen molar-refractivity contribution < 1.29 is 57.1 Å². The molecular formula is C24H31NO12. The third-order valence-corrected chi connectivity index (χ3v) is 5.02. The number of amides is 1. The molecule has 1 aliphatic heterocycles. The molecule has 0 bridgehead atoms. The molecule has 13 heteroatoms. The average Bonchev–Trinajstić information content (AvgIpc) is 3.16. The molecule has 204 valence electrons. The van der Waals surface area contributed by atoms with Gasteiger partial charge in [0.25, 0.3) is 0 Å². The third kappa shape index (κ3) is 8.72. The monoisotopic (exact) mass is 525 g/mol. The van der Waals surface area contributed by atoms with E-state index < -0.39 is 66.7 Å². The van der Waals surface area contributed by atoms with Gasteiger partial charge in [-0.2, -0.15) is 0 Å². The Bertz CT molecular complexity index is 952. The maximum Gasteiger partial charge on any atom is 0.408 e. The molecule has 1 saturated heterocycles. The molecule has 1 fully saturated rings. The minimum atomic E-state index is -1.66. The van der Waals surface area contributed by atoms with Gasteiger partial charge in [0, 0.05) is 27.9 Å². The van der Waals surface area contributed by atoms with Gasteiger partial charge in [-0.25, -0.2) is 9.59 Å². The third-order valence-electron chi connectivity index (χ3n) is 5.02. The minimum absolute atomic E-state index is 0.0709. The van der Waals surface area contributed by atoms with Crippen LogP contribution < -0.4 is 5.32 Å². The second-order valence-electron chi connectivity index (χ2n) is 7.86. The highest BCUT2D eigenvalue weighted by Crippen LogP contribution is 2.32. The second kappa shape index (κ2) is 14.1. The number of benzene rings is 1. The van der Waals surface area contributed by atoms with E-state index in [9.17, 15) is 24.0 Å². The van der Waals surface area contributed by atoms with Crippen LogP contribution in [0.2, 0.25) is 0 Å². The lowest BCUT2D eigenvalue weighted by Gasteiger charge is -2.32. The van der Waals surface area contributed by atoms with Gasteiger partial charge in [0.2, 0.25) is 0 Å². The Morgan fingerprint density at radius 1 is 0.919 bits per heavy atom. The van der Waals surface area contributed by atoms with Gasteiger partial charge in [-0.1, -0.05) is 30.3 Å². The number of hydrogen-bond acceptors (Lipinski definition) is 12. The van der Waals surface area contributed by atoms with Gasteiger partial charge in [-0.05, 0) is 12.5 Å². The van der Waals surface area contributed by atoms with E-state index in [4.69, 9.17) is 33.2 Å². The van der Waals surface area contributed by atoms with E-state index >= 15 is 0 Å². The van der Waals surface area contributed by atoms with E-state index in [0.717, 1.165) is 20.8 Å². The molecule has 0 spiro atoms. The van der Waals surface area contributed by atoms with E-state index in [2.05, 4.69) is 5.32 Å². The van der Waals surface area contributed by atoms with Gasteiger partial charge in [-0.15, -0.1) is 0 Å². The first kappa shape index (κ1) is 29.5. The largest absolute Gasteiger partial charge is 0.464 e. The Morgan fingerprint density at radius 2 is 1.54 bits per heavy atom. The molecule has 13 nitrogen and oxygen atoms in total. The van der Waals surface area contributed by atoms with Crippen LogP contribution in [-0.4, -0.2) is 80.4 Å². The smallest absolute Gasteiger partial charge is 0.408 e. The fourth-order valence-electron chi connectivity index (χ4n) is 3.66. The molecule has 1 amide bonds. The van der Waals surface area contributed by atoms with E-state index in [0.29, 0.717) is 5.56 Å². The van der Waals surface area contributed by atoms with Crippen LogP contribution >= 0.6 is 0 Å². The fraction of sp³-hybridized carbons (Fsp3) is 0.542. The van der Waals surface area contributed by atoms with Crippen molar-refractivity contribution >= 4 is 30.0 Å². The van der Waals surface area contributed by atoms with Gasteiger partial charge in [0.15, 0.2) is 30.6 Å². The number of carbonyl (C=O) groups excluding carboxylic acids is 5. The molecule has 6 atom stereocenters. The van der Waals surface area contributed by atoms with Crippen LogP contribution in [0.1, 0.15) is 33.3 Å². The maximum absolute atomic E-state index is 12.9. The van der Waals surface area contributed by atoms with Crippen LogP contribution in [0, 0.1) is 0 Å². The van der Waals surface area contributed by atoms with Crippen molar-refractivity contribution in [2.45, 2.75) is 71.0 Å². The van der Waals surface area contributed by atoms with E-state index in [-0.39, 0.29) is 13.2 Å². The predicted molar refractivity (Wildman–Crippen MR) is 123 cm³/mol. The minimum Gasteiger partial charge on any atom is -0.464 e. The molecule has 0 saturated carbocycles. The Labute approximate surface area is 213 Å². The highest BCUT2D eigenvalue weighted by Gasteiger charge is 2.56. The fourth-order valence-corrected chi connectivity index (χ4v) is 3.66. The lowest BCUT2D eigenvalue weighted by Crippen LogP contribution is -2.58. The zero-order valence-corrected chi connectivity index (χ0v) is 21.2. The lowest BCUT2D eigenvalue weighted by molar-refractivity contribution is -0.191. The maximum atomic E-state index is 12.9. The first-order valence-corrected chi connectivity index (χ1v) is 11.4. The number of nitrogens with one attached hydrogen (secondary N) is 1. The number of rotatable bonds is 11. The summed E-state index contributed by atoms with van der Waals surface area (Å²) in [5, 5.41) is 2.33. The number of hydrogen-bond donors (Lipinski definition) is 1. The second-order valence-corrected chi connectivity index (χ2v) is 7.86. The molecule has 1 aliphatic rings. The van der Waals surface area contributed by atoms with Crippen LogP contribution in [0.25, 0.3) is 0 Å². The molecule has 0 radical (unpaired) electrons. The van der Waals surface area contributed by atoms with Crippen molar-refractivity contribution in [1.29, 1.82) is 0 Å². The molecule has 2 rings (SSSR count). The van der Waals surface area contributed by atoms with Crippen molar-refractivity contribution in [3.8, 4) is 0 Å². The van der Waals surface area contributed by atoms with Crippen molar-refractivity contribution in [2.75, 3.05) is 13.7 Å². The Hall–Kier alpha value is -3.71. The van der Waals surface area contributed by atoms with Crippen LogP contribution in [0.3, 0.4) is 0 Å². The highest BCUT2D eigenvalue weighted by molar-refractivity contribution is 5.82. The van der Waals surface area contributed by atoms with E-state index in [1.165, 1.54) is 14.0 Å². The summed E-state index contributed by atoms with van der Waals surface area (Å²) in [6, 6.07) is 7.10. The Balaban J connectivity index is 2.39. The molecule has 0 aromatic heterocycles. The van der Waals surface area contributed by atoms with Crippen molar-refractivity contribution in [2.24, 2.45) is 0 Å². The summed E-state index contributed by atoms with van der Waals surface area (Å²) in [6.45, 7) is 4.64. The number of carbonyl (C=O) groups is 5. The van der Waals surface area contributed by atoms with Crippen LogP contribution in [-0.2, 0) is 58.9 Å². The summed E-state index contributed by atoms with van der Waals surface area (Å²) >= 11 is 0. The SMILES string of the molecule is CCOC(=O)C(NC(=O)OCc1ccccc1)C(OC(C)=O)C1OC(OC)C(OC(C)=O)C1OC(C)=O. The summed E-state index contributed by atoms with van der Waals surface area (Å²) < 4.78 is 37.2. The number of alkyl carbamates (subject to hydrolysis) is 1. The summed E-state index contributed by atoms with van der Waals surface area (Å²) in [7, 11) is 1.25. The number of esters is 4. The zero-order chi connectivity index (χ0) is 27.5. The molecule has 1 heterocycles. The molecule has 1 aromatic carbocycles. The van der Waals surface area contributed by atoms with Gasteiger partial charge in [-0.3, -0.25) is 14.4 Å². The molecule has 0 aliphatic carbocycles. The lowest BCUT2D eigenvalue weighted by atomic mass is 9.99. The van der Waals surface area contributed by atoms with Crippen LogP contribution in [0.5, 0.6) is 0 Å². The Kier molecular flexibility index (Phi) is 11.3. The highest BCUT2D eigenvalue weighted by atomic mass is 16.7. The van der Waals surface area contributed by atoms with Gasteiger partial charge >= 0.3 is 30.0 Å². The summed E-state index contributed by atoms with van der Waals surface area (Å²) in [5.74, 6) is -3.35. The van der Waals surface area contributed by atoms with Gasteiger partial charge < -0.3 is 38.5 Å². The summed E-state index contributed by atoms with van der Waals surface area (Å²) in [5.41, 5.74) is 0.683. The quantitative estimate of drug-likeness (QED) is 0.323. The van der Waals surface area contributed by atoms with Gasteiger partial charge in [0.05, 0.1) is 6.61 Å². The summed E-state index contributed by atoms with van der Waals surface area (Å²) in [4.78, 5) is 61.1. The molecular weight excluding hydrogens is 494 g/mol. The molecule has 6 unspecified atom stereocenters. The molecule has 37 heavy (non-hydrogen) atoms.